The first-order valence-electron chi connectivity index (χ1n) is 15.1. The van der Waals surface area contributed by atoms with Crippen LogP contribution in [0.25, 0.3) is 22.4 Å². The highest BCUT2D eigenvalue weighted by Crippen LogP contribution is 2.54. The third-order valence-corrected chi connectivity index (χ3v) is 8.93. The molecular formula is C33H39N7O2. The van der Waals surface area contributed by atoms with Crippen molar-refractivity contribution >= 4 is 22.8 Å². The molecule has 42 heavy (non-hydrogen) atoms. The Balaban J connectivity index is 1.12. The van der Waals surface area contributed by atoms with Crippen LogP contribution in [0.1, 0.15) is 64.8 Å². The smallest absolute Gasteiger partial charge is 0.246 e. The zero-order valence-electron chi connectivity index (χ0n) is 24.4. The lowest BCUT2D eigenvalue weighted by Crippen LogP contribution is -2.42. The fourth-order valence-electron chi connectivity index (χ4n) is 6.28. The summed E-state index contributed by atoms with van der Waals surface area (Å²) in [6.45, 7) is 6.13. The van der Waals surface area contributed by atoms with Gasteiger partial charge in [0.15, 0.2) is 5.65 Å². The molecule has 1 unspecified atom stereocenters. The molecule has 9 heteroatoms. The maximum absolute atomic E-state index is 12.9. The first-order valence-corrected chi connectivity index (χ1v) is 15.1. The topological polar surface area (TPSA) is 112 Å². The number of para-hydroxylation sites is 1. The van der Waals surface area contributed by atoms with E-state index >= 15 is 0 Å². The van der Waals surface area contributed by atoms with E-state index in [4.69, 9.17) is 15.6 Å². The highest BCUT2D eigenvalue weighted by molar-refractivity contribution is 5.97. The van der Waals surface area contributed by atoms with Crippen molar-refractivity contribution in [2.24, 2.45) is 11.3 Å². The molecule has 3 aromatic heterocycles. The number of carbonyl (C=O) groups excluding carboxylic acids is 1. The van der Waals surface area contributed by atoms with Gasteiger partial charge in [0.25, 0.3) is 0 Å². The predicted molar refractivity (Wildman–Crippen MR) is 164 cm³/mol. The van der Waals surface area contributed by atoms with Gasteiger partial charge in [-0.15, -0.1) is 0 Å². The minimum Gasteiger partial charge on any atom is -0.456 e. The molecular weight excluding hydrogens is 526 g/mol. The molecule has 1 amide bonds. The summed E-state index contributed by atoms with van der Waals surface area (Å²) in [6, 6.07) is 13.6. The lowest BCUT2D eigenvalue weighted by molar-refractivity contribution is -0.125. The van der Waals surface area contributed by atoms with Gasteiger partial charge < -0.3 is 15.4 Å². The Morgan fingerprint density at radius 3 is 2.74 bits per heavy atom. The van der Waals surface area contributed by atoms with Crippen molar-refractivity contribution < 1.29 is 9.53 Å². The highest BCUT2D eigenvalue weighted by Gasteiger charge is 2.50. The third kappa shape index (κ3) is 5.73. The quantitative estimate of drug-likeness (QED) is 0.171. The minimum absolute atomic E-state index is 0.135. The summed E-state index contributed by atoms with van der Waals surface area (Å²) < 4.78 is 7.90. The molecule has 1 saturated heterocycles. The number of likely N-dealkylation sites (tertiary alicyclic amines) is 1. The van der Waals surface area contributed by atoms with Crippen molar-refractivity contribution in [1.29, 1.82) is 0 Å². The molecule has 218 valence electrons. The van der Waals surface area contributed by atoms with Gasteiger partial charge in [0.05, 0.1) is 23.3 Å². The molecule has 6 rings (SSSR count). The standard InChI is InChI=1S/C33H39N7O2/c1-3-23(2)10-6-4-9-13-28(41)39-17-16-33(21-39)18-24(19-33)40-32-29(31(34)36-22-37-32)30(38-40)27-15-14-26(20-35-27)42-25-11-7-5-8-12-25/h5,7-9,11-15,20,22-24H,3-4,6,10,16-19,21H2,1-2H3,(H2,34,36,37). The highest BCUT2D eigenvalue weighted by atomic mass is 16.5. The number of anilines is 1. The number of nitrogen functional groups attached to an aromatic ring is 1. The Labute approximate surface area is 246 Å². The number of fused-ring (bicyclic) bond motifs is 1. The molecule has 0 radical (unpaired) electrons. The fraction of sp³-hybridized carbons (Fsp3) is 0.424. The van der Waals surface area contributed by atoms with Gasteiger partial charge in [-0.05, 0) is 73.8 Å². The monoisotopic (exact) mass is 565 g/mol. The van der Waals surface area contributed by atoms with Gasteiger partial charge in [0.2, 0.25) is 5.91 Å². The number of amides is 1. The molecule has 1 spiro atoms. The van der Waals surface area contributed by atoms with Gasteiger partial charge in [-0.3, -0.25) is 9.78 Å². The average Bonchev–Trinajstić information content (AvgIpc) is 3.61. The Kier molecular flexibility index (Phi) is 7.91. The molecule has 4 heterocycles. The molecule has 4 aromatic rings. The van der Waals surface area contributed by atoms with E-state index in [0.29, 0.717) is 28.3 Å². The average molecular weight is 566 g/mol. The first kappa shape index (κ1) is 27.9. The second-order valence-electron chi connectivity index (χ2n) is 12.0. The van der Waals surface area contributed by atoms with Gasteiger partial charge in [-0.1, -0.05) is 51.0 Å². The summed E-state index contributed by atoms with van der Waals surface area (Å²) in [5.41, 5.74) is 8.54. The summed E-state index contributed by atoms with van der Waals surface area (Å²) >= 11 is 0. The number of aromatic nitrogens is 5. The molecule has 0 bridgehead atoms. The predicted octanol–water partition coefficient (Wildman–Crippen LogP) is 6.59. The van der Waals surface area contributed by atoms with Crippen LogP contribution in [0.5, 0.6) is 11.5 Å². The maximum atomic E-state index is 12.9. The first-order chi connectivity index (χ1) is 20.4. The van der Waals surface area contributed by atoms with Crippen LogP contribution in [0.15, 0.2) is 67.1 Å². The molecule has 1 aromatic carbocycles. The number of unbranched alkanes of at least 4 members (excludes halogenated alkanes) is 1. The van der Waals surface area contributed by atoms with Crippen molar-refractivity contribution in [2.75, 3.05) is 18.8 Å². The number of hydrogen-bond donors (Lipinski definition) is 1. The van der Waals surface area contributed by atoms with Gasteiger partial charge in [-0.25, -0.2) is 14.6 Å². The van der Waals surface area contributed by atoms with Crippen molar-refractivity contribution in [2.45, 2.75) is 64.8 Å². The Hall–Kier alpha value is -4.27. The van der Waals surface area contributed by atoms with Crippen molar-refractivity contribution in [3.8, 4) is 22.9 Å². The van der Waals surface area contributed by atoms with Crippen molar-refractivity contribution in [1.82, 2.24) is 29.6 Å². The summed E-state index contributed by atoms with van der Waals surface area (Å²) in [7, 11) is 0. The molecule has 1 aliphatic carbocycles. The largest absolute Gasteiger partial charge is 0.456 e. The number of allylic oxidation sites excluding steroid dienone is 1. The SMILES string of the molecule is CCC(C)CCCC=CC(=O)N1CCC2(CC(n3nc(-c4ccc(Oc5ccccc5)cn4)c4c(N)ncnc43)C2)C1. The van der Waals surface area contributed by atoms with Crippen LogP contribution in [0.2, 0.25) is 0 Å². The lowest BCUT2D eigenvalue weighted by Gasteiger charge is -2.45. The number of carbonyl (C=O) groups is 1. The molecule has 9 nitrogen and oxygen atoms in total. The number of nitrogens with two attached hydrogens (primary N) is 1. The molecule has 1 atom stereocenters. The lowest BCUT2D eigenvalue weighted by atomic mass is 9.65. The van der Waals surface area contributed by atoms with Crippen molar-refractivity contribution in [3.05, 3.63) is 67.1 Å². The van der Waals surface area contributed by atoms with E-state index in [9.17, 15) is 4.79 Å². The number of rotatable bonds is 10. The second-order valence-corrected chi connectivity index (χ2v) is 12.0. The van der Waals surface area contributed by atoms with Crippen molar-refractivity contribution in [3.63, 3.8) is 0 Å². The summed E-state index contributed by atoms with van der Waals surface area (Å²) in [5, 5.41) is 5.69. The number of ether oxygens (including phenoxy) is 1. The zero-order chi connectivity index (χ0) is 29.1. The van der Waals surface area contributed by atoms with Crippen LogP contribution in [-0.4, -0.2) is 48.6 Å². The Morgan fingerprint density at radius 1 is 1.14 bits per heavy atom. The normalized spacial score (nSPS) is 20.8. The Bertz CT molecular complexity index is 1560. The number of hydrogen-bond acceptors (Lipinski definition) is 7. The van der Waals surface area contributed by atoms with Gasteiger partial charge >= 0.3 is 0 Å². The van der Waals surface area contributed by atoms with Crippen LogP contribution in [0.4, 0.5) is 5.82 Å². The summed E-state index contributed by atoms with van der Waals surface area (Å²) in [4.78, 5) is 28.3. The molecule has 1 aliphatic heterocycles. The molecule has 2 fully saturated rings. The van der Waals surface area contributed by atoms with Gasteiger partial charge in [-0.2, -0.15) is 5.10 Å². The van der Waals surface area contributed by atoms with E-state index in [1.807, 2.05) is 52.0 Å². The van der Waals surface area contributed by atoms with E-state index in [2.05, 4.69) is 34.9 Å². The fourth-order valence-corrected chi connectivity index (χ4v) is 6.28. The van der Waals surface area contributed by atoms with E-state index < -0.39 is 0 Å². The van der Waals surface area contributed by atoms with Crippen LogP contribution < -0.4 is 10.5 Å². The molecule has 2 N–H and O–H groups in total. The van der Waals surface area contributed by atoms with Gasteiger partial charge in [0.1, 0.15) is 29.3 Å². The van der Waals surface area contributed by atoms with Gasteiger partial charge in [0, 0.05) is 13.1 Å². The van der Waals surface area contributed by atoms with Crippen LogP contribution >= 0.6 is 0 Å². The zero-order valence-corrected chi connectivity index (χ0v) is 24.4. The molecule has 1 saturated carbocycles. The van der Waals surface area contributed by atoms with Crippen LogP contribution in [0, 0.1) is 11.3 Å². The Morgan fingerprint density at radius 2 is 1.98 bits per heavy atom. The summed E-state index contributed by atoms with van der Waals surface area (Å²) in [6.07, 6.45) is 14.5. The van der Waals surface area contributed by atoms with E-state index in [0.717, 1.165) is 62.5 Å². The van der Waals surface area contributed by atoms with E-state index in [1.165, 1.54) is 19.2 Å². The number of nitrogens with zero attached hydrogens (tertiary/aromatic N) is 6. The number of pyridine rings is 1. The third-order valence-electron chi connectivity index (χ3n) is 8.93. The van der Waals surface area contributed by atoms with E-state index in [-0.39, 0.29) is 17.4 Å². The van der Waals surface area contributed by atoms with Crippen LogP contribution in [-0.2, 0) is 4.79 Å². The minimum atomic E-state index is 0.135. The van der Waals surface area contributed by atoms with E-state index in [1.54, 1.807) is 12.3 Å². The second kappa shape index (κ2) is 11.9. The van der Waals surface area contributed by atoms with Crippen LogP contribution in [0.3, 0.4) is 0 Å². The summed E-state index contributed by atoms with van der Waals surface area (Å²) in [5.74, 6) is 2.66. The molecule has 2 aliphatic rings. The maximum Gasteiger partial charge on any atom is 0.246 e. The number of benzene rings is 1.